The lowest BCUT2D eigenvalue weighted by atomic mass is 9.84. The highest BCUT2D eigenvalue weighted by atomic mass is 35.5. The van der Waals surface area contributed by atoms with E-state index in [-0.39, 0.29) is 38.7 Å². The predicted octanol–water partition coefficient (Wildman–Crippen LogP) is 6.28. The van der Waals surface area contributed by atoms with Crippen molar-refractivity contribution >= 4 is 68.0 Å². The molecule has 1 saturated carbocycles. The third-order valence-corrected chi connectivity index (χ3v) is 9.32. The Hall–Kier alpha value is -1.31. The van der Waals surface area contributed by atoms with Gasteiger partial charge < -0.3 is 0 Å². The SMILES string of the molecule is CS(=O)(=O)c1ccc(C(=O)C2=C(Sc3c(Cl)cccc3Cl)C3CCC(C3)C2=O)c(Cl)c1. The largest absolute Gasteiger partial charge is 0.294 e. The molecule has 31 heavy (non-hydrogen) atoms. The first-order valence-electron chi connectivity index (χ1n) is 9.52. The van der Waals surface area contributed by atoms with Crippen LogP contribution < -0.4 is 0 Å². The summed E-state index contributed by atoms with van der Waals surface area (Å²) in [5.41, 5.74) is 0.204. The number of allylic oxidation sites excluding steroid dienone is 2. The van der Waals surface area contributed by atoms with Gasteiger partial charge in [-0.25, -0.2) is 8.42 Å². The topological polar surface area (TPSA) is 68.3 Å². The van der Waals surface area contributed by atoms with Gasteiger partial charge in [-0.15, -0.1) is 0 Å². The molecule has 0 amide bonds. The number of sulfone groups is 1. The van der Waals surface area contributed by atoms with Gasteiger partial charge in [-0.1, -0.05) is 52.6 Å². The van der Waals surface area contributed by atoms with Gasteiger partial charge in [0, 0.05) is 27.5 Å². The van der Waals surface area contributed by atoms with Crippen molar-refractivity contribution in [3.8, 4) is 0 Å². The van der Waals surface area contributed by atoms with Gasteiger partial charge >= 0.3 is 0 Å². The zero-order chi connectivity index (χ0) is 22.5. The zero-order valence-corrected chi connectivity index (χ0v) is 20.2. The van der Waals surface area contributed by atoms with Crippen LogP contribution in [0.1, 0.15) is 29.6 Å². The summed E-state index contributed by atoms with van der Waals surface area (Å²) in [4.78, 5) is 28.0. The highest BCUT2D eigenvalue weighted by Crippen LogP contribution is 2.52. The molecule has 0 spiro atoms. The third-order valence-electron chi connectivity index (χ3n) is 5.64. The average Bonchev–Trinajstić information content (AvgIpc) is 3.14. The fourth-order valence-corrected chi connectivity index (χ4v) is 6.92. The molecule has 2 aliphatic rings. The highest BCUT2D eigenvalue weighted by Gasteiger charge is 2.44. The maximum atomic E-state index is 13.5. The van der Waals surface area contributed by atoms with Crippen molar-refractivity contribution in [2.24, 2.45) is 11.8 Å². The van der Waals surface area contributed by atoms with Crippen LogP contribution in [0.4, 0.5) is 0 Å². The Morgan fingerprint density at radius 1 is 1.00 bits per heavy atom. The molecular weight excluding hydrogens is 499 g/mol. The molecule has 0 N–H and O–H groups in total. The summed E-state index contributed by atoms with van der Waals surface area (Å²) in [5.74, 6) is -0.831. The number of fused-ring (bicyclic) bond motifs is 2. The molecule has 0 aliphatic heterocycles. The molecule has 0 heterocycles. The van der Waals surface area contributed by atoms with Crippen LogP contribution in [0.3, 0.4) is 0 Å². The molecule has 2 atom stereocenters. The minimum Gasteiger partial charge on any atom is -0.294 e. The van der Waals surface area contributed by atoms with Crippen molar-refractivity contribution in [1.82, 2.24) is 0 Å². The third kappa shape index (κ3) is 4.33. The van der Waals surface area contributed by atoms with Gasteiger partial charge in [-0.05, 0) is 55.5 Å². The summed E-state index contributed by atoms with van der Waals surface area (Å²) in [7, 11) is -3.48. The molecule has 4 nitrogen and oxygen atoms in total. The standard InChI is InChI=1S/C22H17Cl3O4S2/c1-31(28,29)13-7-8-14(17(25)10-13)20(27)18-19(26)11-5-6-12(9-11)21(18)30-22-15(23)3-2-4-16(22)24/h2-4,7-8,10-12H,5-6,9H2,1H3. The molecule has 162 valence electrons. The number of benzene rings is 2. The van der Waals surface area contributed by atoms with Gasteiger partial charge in [0.15, 0.2) is 21.4 Å². The Morgan fingerprint density at radius 3 is 2.26 bits per heavy atom. The average molecular weight is 516 g/mol. The fourth-order valence-electron chi connectivity index (χ4n) is 4.08. The monoisotopic (exact) mass is 514 g/mol. The van der Waals surface area contributed by atoms with Crippen LogP contribution in [-0.2, 0) is 14.6 Å². The molecule has 4 rings (SSSR count). The van der Waals surface area contributed by atoms with E-state index in [1.165, 1.54) is 30.0 Å². The normalized spacial score (nSPS) is 21.0. The summed E-state index contributed by atoms with van der Waals surface area (Å²) in [6, 6.07) is 9.08. The van der Waals surface area contributed by atoms with Crippen LogP contribution >= 0.6 is 46.6 Å². The van der Waals surface area contributed by atoms with Crippen LogP contribution in [0.5, 0.6) is 0 Å². The minimum absolute atomic E-state index is 0.00808. The number of carbonyl (C=O) groups is 2. The van der Waals surface area contributed by atoms with Crippen molar-refractivity contribution in [3.05, 3.63) is 67.5 Å². The number of halogens is 3. The van der Waals surface area contributed by atoms with E-state index in [4.69, 9.17) is 34.8 Å². The second-order valence-electron chi connectivity index (χ2n) is 7.71. The van der Waals surface area contributed by atoms with Crippen molar-refractivity contribution in [2.45, 2.75) is 29.1 Å². The minimum atomic E-state index is -3.48. The lowest BCUT2D eigenvalue weighted by Gasteiger charge is -2.25. The number of carbonyl (C=O) groups excluding carboxylic acids is 2. The molecule has 1 fully saturated rings. The van der Waals surface area contributed by atoms with E-state index in [1.807, 2.05) is 0 Å². The van der Waals surface area contributed by atoms with Crippen LogP contribution in [-0.4, -0.2) is 26.2 Å². The maximum Gasteiger partial charge on any atom is 0.198 e. The van der Waals surface area contributed by atoms with Crippen LogP contribution in [0.25, 0.3) is 0 Å². The predicted molar refractivity (Wildman–Crippen MR) is 124 cm³/mol. The van der Waals surface area contributed by atoms with E-state index in [0.29, 0.717) is 26.3 Å². The Morgan fingerprint density at radius 2 is 1.65 bits per heavy atom. The Bertz CT molecular complexity index is 1230. The molecule has 2 bridgehead atoms. The van der Waals surface area contributed by atoms with Crippen LogP contribution in [0.15, 0.2) is 56.7 Å². The number of hydrogen-bond acceptors (Lipinski definition) is 5. The fraction of sp³-hybridized carbons (Fsp3) is 0.273. The molecule has 2 aromatic rings. The van der Waals surface area contributed by atoms with E-state index in [9.17, 15) is 18.0 Å². The van der Waals surface area contributed by atoms with Gasteiger partial charge in [-0.3, -0.25) is 9.59 Å². The summed E-state index contributed by atoms with van der Waals surface area (Å²) < 4.78 is 23.6. The smallest absolute Gasteiger partial charge is 0.198 e. The first-order valence-corrected chi connectivity index (χ1v) is 13.4. The number of thioether (sulfide) groups is 1. The van der Waals surface area contributed by atoms with Gasteiger partial charge in [0.25, 0.3) is 0 Å². The number of Topliss-reactive ketones (excluding diaryl/α,β-unsaturated/α-hetero) is 2. The lowest BCUT2D eigenvalue weighted by Crippen LogP contribution is -2.26. The summed E-state index contributed by atoms with van der Waals surface area (Å²) in [6.07, 6.45) is 3.29. The molecule has 9 heteroatoms. The Balaban J connectivity index is 1.83. The zero-order valence-electron chi connectivity index (χ0n) is 16.3. The number of ketones is 2. The molecule has 2 aromatic carbocycles. The highest BCUT2D eigenvalue weighted by molar-refractivity contribution is 8.03. The summed E-state index contributed by atoms with van der Waals surface area (Å²) in [6.45, 7) is 0. The Labute approximate surface area is 199 Å². The van der Waals surface area contributed by atoms with Crippen molar-refractivity contribution in [1.29, 1.82) is 0 Å². The second-order valence-corrected chi connectivity index (χ2v) is 12.0. The van der Waals surface area contributed by atoms with Crippen molar-refractivity contribution < 1.29 is 18.0 Å². The second kappa shape index (κ2) is 8.56. The summed E-state index contributed by atoms with van der Waals surface area (Å²) >= 11 is 20.2. The lowest BCUT2D eigenvalue weighted by molar-refractivity contribution is -0.119. The van der Waals surface area contributed by atoms with E-state index in [2.05, 4.69) is 0 Å². The van der Waals surface area contributed by atoms with Crippen LogP contribution in [0, 0.1) is 11.8 Å². The molecule has 0 saturated heterocycles. The van der Waals surface area contributed by atoms with E-state index >= 15 is 0 Å². The van der Waals surface area contributed by atoms with Gasteiger partial charge in [0.2, 0.25) is 0 Å². The van der Waals surface area contributed by atoms with Crippen molar-refractivity contribution in [2.75, 3.05) is 6.26 Å². The molecular formula is C22H17Cl3O4S2. The quantitative estimate of drug-likeness (QED) is 0.346. The molecule has 0 radical (unpaired) electrons. The van der Waals surface area contributed by atoms with E-state index in [0.717, 1.165) is 19.1 Å². The van der Waals surface area contributed by atoms with E-state index in [1.54, 1.807) is 18.2 Å². The van der Waals surface area contributed by atoms with Gasteiger partial charge in [-0.2, -0.15) is 0 Å². The van der Waals surface area contributed by atoms with Crippen LogP contribution in [0.2, 0.25) is 15.1 Å². The van der Waals surface area contributed by atoms with E-state index < -0.39 is 15.6 Å². The maximum absolute atomic E-state index is 13.5. The number of rotatable bonds is 5. The first kappa shape index (κ1) is 22.9. The van der Waals surface area contributed by atoms with Crippen molar-refractivity contribution in [3.63, 3.8) is 0 Å². The van der Waals surface area contributed by atoms with Gasteiger partial charge in [0.1, 0.15) is 0 Å². The Kier molecular flexibility index (Phi) is 6.32. The molecule has 2 aliphatic carbocycles. The molecule has 0 aromatic heterocycles. The summed E-state index contributed by atoms with van der Waals surface area (Å²) in [5, 5.41) is 0.881. The molecule has 2 unspecified atom stereocenters. The first-order chi connectivity index (χ1) is 14.6. The number of hydrogen-bond donors (Lipinski definition) is 0. The van der Waals surface area contributed by atoms with Gasteiger partial charge in [0.05, 0.1) is 25.5 Å².